The summed E-state index contributed by atoms with van der Waals surface area (Å²) in [7, 11) is 0. The molecular formula is C17H19BrN2O. The highest BCUT2D eigenvalue weighted by molar-refractivity contribution is 9.10. The van der Waals surface area contributed by atoms with Crippen LogP contribution in [0.2, 0.25) is 0 Å². The van der Waals surface area contributed by atoms with E-state index in [1.807, 2.05) is 31.2 Å². The van der Waals surface area contributed by atoms with Crippen molar-refractivity contribution in [2.45, 2.75) is 39.0 Å². The van der Waals surface area contributed by atoms with Crippen molar-refractivity contribution < 1.29 is 4.74 Å². The smallest absolute Gasteiger partial charge is 0.214 e. The highest BCUT2D eigenvalue weighted by atomic mass is 79.9. The Morgan fingerprint density at radius 2 is 2.10 bits per heavy atom. The lowest BCUT2D eigenvalue weighted by atomic mass is 10.2. The maximum absolute atomic E-state index is 5.85. The minimum Gasteiger partial charge on any atom is -0.473 e. The molecule has 21 heavy (non-hydrogen) atoms. The quantitative estimate of drug-likeness (QED) is 0.858. The Kier molecular flexibility index (Phi) is 4.56. The summed E-state index contributed by atoms with van der Waals surface area (Å²) in [5.41, 5.74) is 3.35. The van der Waals surface area contributed by atoms with Crippen molar-refractivity contribution in [1.82, 2.24) is 10.3 Å². The first kappa shape index (κ1) is 14.5. The number of ether oxygens (including phenoxy) is 1. The predicted molar refractivity (Wildman–Crippen MR) is 87.3 cm³/mol. The van der Waals surface area contributed by atoms with Crippen molar-refractivity contribution >= 4 is 15.9 Å². The van der Waals surface area contributed by atoms with E-state index in [1.54, 1.807) is 0 Å². The molecule has 0 amide bonds. The summed E-state index contributed by atoms with van der Waals surface area (Å²) in [6.07, 6.45) is 2.60. The van der Waals surface area contributed by atoms with Gasteiger partial charge in [0.25, 0.3) is 0 Å². The van der Waals surface area contributed by atoms with E-state index in [0.29, 0.717) is 18.5 Å². The van der Waals surface area contributed by atoms with Gasteiger partial charge in [-0.05, 0) is 37.5 Å². The van der Waals surface area contributed by atoms with Crippen molar-refractivity contribution in [3.63, 3.8) is 0 Å². The van der Waals surface area contributed by atoms with Crippen LogP contribution >= 0.6 is 15.9 Å². The van der Waals surface area contributed by atoms with Gasteiger partial charge in [-0.1, -0.05) is 34.1 Å². The van der Waals surface area contributed by atoms with Gasteiger partial charge in [-0.25, -0.2) is 4.98 Å². The zero-order valence-electron chi connectivity index (χ0n) is 12.1. The molecule has 0 bridgehead atoms. The Hall–Kier alpha value is -1.39. The van der Waals surface area contributed by atoms with Gasteiger partial charge in [-0.3, -0.25) is 0 Å². The number of nitrogens with zero attached hydrogens (tertiary/aromatic N) is 1. The van der Waals surface area contributed by atoms with Crippen LogP contribution in [0.4, 0.5) is 0 Å². The van der Waals surface area contributed by atoms with E-state index in [-0.39, 0.29) is 0 Å². The Labute approximate surface area is 133 Å². The zero-order valence-corrected chi connectivity index (χ0v) is 13.7. The van der Waals surface area contributed by atoms with E-state index in [4.69, 9.17) is 4.74 Å². The van der Waals surface area contributed by atoms with Gasteiger partial charge in [0.1, 0.15) is 6.61 Å². The third kappa shape index (κ3) is 4.29. The van der Waals surface area contributed by atoms with Gasteiger partial charge in [0, 0.05) is 34.4 Å². The molecule has 1 aliphatic rings. The van der Waals surface area contributed by atoms with Gasteiger partial charge in [0.2, 0.25) is 5.88 Å². The van der Waals surface area contributed by atoms with E-state index < -0.39 is 0 Å². The predicted octanol–water partition coefficient (Wildman–Crippen LogP) is 3.98. The molecule has 1 heterocycles. The lowest BCUT2D eigenvalue weighted by molar-refractivity contribution is 0.292. The molecule has 1 aliphatic carbocycles. The molecule has 0 unspecified atom stereocenters. The lowest BCUT2D eigenvalue weighted by Crippen LogP contribution is -2.15. The van der Waals surface area contributed by atoms with Crippen LogP contribution in [-0.4, -0.2) is 11.0 Å². The monoisotopic (exact) mass is 346 g/mol. The molecule has 1 aromatic carbocycles. The molecule has 3 nitrogen and oxygen atoms in total. The summed E-state index contributed by atoms with van der Waals surface area (Å²) in [5, 5.41) is 3.52. The molecule has 0 saturated heterocycles. The fourth-order valence-corrected chi connectivity index (χ4v) is 2.60. The van der Waals surface area contributed by atoms with Crippen LogP contribution in [0.1, 0.15) is 29.7 Å². The van der Waals surface area contributed by atoms with Gasteiger partial charge in [-0.15, -0.1) is 0 Å². The van der Waals surface area contributed by atoms with Crippen LogP contribution in [0.25, 0.3) is 0 Å². The minimum atomic E-state index is 0.521. The van der Waals surface area contributed by atoms with Gasteiger partial charge in [-0.2, -0.15) is 0 Å². The van der Waals surface area contributed by atoms with Crippen molar-refractivity contribution in [2.75, 3.05) is 0 Å². The number of rotatable bonds is 6. The summed E-state index contributed by atoms with van der Waals surface area (Å²) in [6, 6.07) is 12.9. The van der Waals surface area contributed by atoms with Gasteiger partial charge in [0.05, 0.1) is 0 Å². The highest BCUT2D eigenvalue weighted by Gasteiger charge is 2.20. The first-order valence-corrected chi connectivity index (χ1v) is 8.07. The average molecular weight is 347 g/mol. The largest absolute Gasteiger partial charge is 0.473 e. The summed E-state index contributed by atoms with van der Waals surface area (Å²) in [6.45, 7) is 3.42. The molecule has 1 N–H and O–H groups in total. The molecule has 110 valence electrons. The maximum atomic E-state index is 5.85. The van der Waals surface area contributed by atoms with Crippen molar-refractivity contribution in [1.29, 1.82) is 0 Å². The third-order valence-corrected chi connectivity index (χ3v) is 4.27. The van der Waals surface area contributed by atoms with E-state index in [9.17, 15) is 0 Å². The molecule has 4 heteroatoms. The number of hydrogen-bond donors (Lipinski definition) is 1. The number of benzene rings is 1. The number of aromatic nitrogens is 1. The van der Waals surface area contributed by atoms with Gasteiger partial charge in [0.15, 0.2) is 0 Å². The Morgan fingerprint density at radius 3 is 2.86 bits per heavy atom. The fourth-order valence-electron chi connectivity index (χ4n) is 2.20. The van der Waals surface area contributed by atoms with Crippen LogP contribution in [0, 0.1) is 6.92 Å². The van der Waals surface area contributed by atoms with E-state index >= 15 is 0 Å². The Balaban J connectivity index is 1.65. The molecule has 3 rings (SSSR count). The highest BCUT2D eigenvalue weighted by Crippen LogP contribution is 2.21. The molecule has 0 atom stereocenters. The number of halogens is 1. The van der Waals surface area contributed by atoms with Crippen molar-refractivity contribution in [2.24, 2.45) is 0 Å². The maximum Gasteiger partial charge on any atom is 0.214 e. The van der Waals surface area contributed by atoms with Crippen molar-refractivity contribution in [3.8, 4) is 5.88 Å². The summed E-state index contributed by atoms with van der Waals surface area (Å²) < 4.78 is 6.91. The van der Waals surface area contributed by atoms with E-state index in [0.717, 1.165) is 22.3 Å². The average Bonchev–Trinajstić information content (AvgIpc) is 3.28. The number of pyridine rings is 1. The normalized spacial score (nSPS) is 14.2. The van der Waals surface area contributed by atoms with Crippen molar-refractivity contribution in [3.05, 3.63) is 57.7 Å². The van der Waals surface area contributed by atoms with Gasteiger partial charge < -0.3 is 10.1 Å². The molecule has 1 fully saturated rings. The fraction of sp³-hybridized carbons (Fsp3) is 0.353. The summed E-state index contributed by atoms with van der Waals surface area (Å²) >= 11 is 3.54. The Morgan fingerprint density at radius 1 is 1.29 bits per heavy atom. The van der Waals surface area contributed by atoms with E-state index in [1.165, 1.54) is 18.4 Å². The Bertz CT molecular complexity index is 626. The molecular weight excluding hydrogens is 328 g/mol. The van der Waals surface area contributed by atoms with Crippen LogP contribution in [0.5, 0.6) is 5.88 Å². The molecule has 0 spiro atoms. The zero-order chi connectivity index (χ0) is 14.7. The van der Waals surface area contributed by atoms with E-state index in [2.05, 4.69) is 38.4 Å². The molecule has 2 aromatic rings. The molecule has 0 radical (unpaired) electrons. The summed E-state index contributed by atoms with van der Waals surface area (Å²) in [5.74, 6) is 0.693. The van der Waals surface area contributed by atoms with Crippen LogP contribution in [-0.2, 0) is 13.2 Å². The third-order valence-electron chi connectivity index (χ3n) is 3.50. The lowest BCUT2D eigenvalue weighted by Gasteiger charge is -2.10. The van der Waals surface area contributed by atoms with Gasteiger partial charge >= 0.3 is 0 Å². The van der Waals surface area contributed by atoms with Crippen LogP contribution in [0.3, 0.4) is 0 Å². The first-order chi connectivity index (χ1) is 10.2. The van der Waals surface area contributed by atoms with Crippen LogP contribution in [0.15, 0.2) is 40.9 Å². The second-order valence-corrected chi connectivity index (χ2v) is 6.34. The number of aryl methyl sites for hydroxylation is 1. The number of nitrogens with one attached hydrogen (secondary N) is 1. The molecule has 1 saturated carbocycles. The second kappa shape index (κ2) is 6.58. The minimum absolute atomic E-state index is 0.521. The van der Waals surface area contributed by atoms with Crippen LogP contribution < -0.4 is 10.1 Å². The molecule has 0 aliphatic heterocycles. The molecule has 1 aromatic heterocycles. The SMILES string of the molecule is Cc1cc(CNC2CC2)cc(OCc2ccccc2Br)n1. The first-order valence-electron chi connectivity index (χ1n) is 7.28. The standard InChI is InChI=1S/C17H19BrN2O/c1-12-8-13(10-19-15-6-7-15)9-17(20-12)21-11-14-4-2-3-5-16(14)18/h2-5,8-9,15,19H,6-7,10-11H2,1H3. The topological polar surface area (TPSA) is 34.1 Å². The second-order valence-electron chi connectivity index (χ2n) is 5.49. The number of hydrogen-bond acceptors (Lipinski definition) is 3. The summed E-state index contributed by atoms with van der Waals surface area (Å²) in [4.78, 5) is 4.46.